The third-order valence-electron chi connectivity index (χ3n) is 3.24. The predicted octanol–water partition coefficient (Wildman–Crippen LogP) is -4.40. The molecular formula is C6H19N7. The van der Waals surface area contributed by atoms with Crippen LogP contribution in [0, 0.1) is 0 Å². The summed E-state index contributed by atoms with van der Waals surface area (Å²) in [6, 6.07) is -1.35. The van der Waals surface area contributed by atoms with E-state index >= 15 is 0 Å². The van der Waals surface area contributed by atoms with Crippen molar-refractivity contribution in [3.63, 3.8) is 0 Å². The van der Waals surface area contributed by atoms with Crippen LogP contribution in [0.5, 0.6) is 0 Å². The molecule has 0 aliphatic heterocycles. The van der Waals surface area contributed by atoms with E-state index in [1.807, 2.05) is 0 Å². The third kappa shape index (κ3) is 0.974. The largest absolute Gasteiger partial charge is 0.325 e. The van der Waals surface area contributed by atoms with Crippen molar-refractivity contribution in [3.05, 3.63) is 0 Å². The van der Waals surface area contributed by atoms with Crippen LogP contribution in [0.2, 0.25) is 0 Å². The lowest BCUT2D eigenvalue weighted by atomic mass is 9.86. The molecule has 3 unspecified atom stereocenters. The second kappa shape index (κ2) is 2.39. The van der Waals surface area contributed by atoms with Crippen LogP contribution in [0.1, 0.15) is 6.92 Å². The lowest BCUT2D eigenvalue weighted by molar-refractivity contribution is 0.193. The zero-order valence-electron chi connectivity index (χ0n) is 7.70. The van der Waals surface area contributed by atoms with E-state index in [1.54, 1.807) is 6.92 Å². The van der Waals surface area contributed by atoms with Gasteiger partial charge < -0.3 is 40.1 Å². The van der Waals surface area contributed by atoms with E-state index in [4.69, 9.17) is 40.1 Å². The molecule has 0 heterocycles. The Morgan fingerprint density at radius 1 is 0.846 bits per heavy atom. The van der Waals surface area contributed by atoms with E-state index in [2.05, 4.69) is 0 Å². The van der Waals surface area contributed by atoms with E-state index in [-0.39, 0.29) is 0 Å². The standard InChI is InChI=1S/C6H19N7/c1-4(9)2(7)3(8)5(10,11)6(4,12)13/h2-3H,7-13H2,1H3. The van der Waals surface area contributed by atoms with Crippen molar-refractivity contribution in [1.82, 2.24) is 0 Å². The predicted molar refractivity (Wildman–Crippen MR) is 50.8 cm³/mol. The highest BCUT2D eigenvalue weighted by Crippen LogP contribution is 2.33. The Kier molecular flexibility index (Phi) is 1.99. The molecule has 1 fully saturated rings. The van der Waals surface area contributed by atoms with Gasteiger partial charge in [-0.3, -0.25) is 0 Å². The fraction of sp³-hybridized carbons (Fsp3) is 1.00. The van der Waals surface area contributed by atoms with Crippen LogP contribution >= 0.6 is 0 Å². The van der Waals surface area contributed by atoms with Crippen molar-refractivity contribution in [2.45, 2.75) is 35.9 Å². The van der Waals surface area contributed by atoms with E-state index in [9.17, 15) is 0 Å². The molecule has 0 spiro atoms. The third-order valence-corrected chi connectivity index (χ3v) is 3.24. The quantitative estimate of drug-likeness (QED) is 0.188. The summed E-state index contributed by atoms with van der Waals surface area (Å²) >= 11 is 0. The Labute approximate surface area is 76.9 Å². The van der Waals surface area contributed by atoms with Crippen LogP contribution in [0.15, 0.2) is 0 Å². The van der Waals surface area contributed by atoms with Gasteiger partial charge in [-0.15, -0.1) is 0 Å². The molecule has 7 nitrogen and oxygen atoms in total. The summed E-state index contributed by atoms with van der Waals surface area (Å²) in [6.07, 6.45) is 0. The minimum absolute atomic E-state index is 0.627. The van der Waals surface area contributed by atoms with Crippen molar-refractivity contribution in [1.29, 1.82) is 0 Å². The number of rotatable bonds is 0. The summed E-state index contributed by atoms with van der Waals surface area (Å²) in [5.41, 5.74) is 36.2. The molecule has 78 valence electrons. The molecule has 13 heavy (non-hydrogen) atoms. The Morgan fingerprint density at radius 2 is 1.23 bits per heavy atom. The molecule has 1 rings (SSSR count). The summed E-state index contributed by atoms with van der Waals surface area (Å²) in [5.74, 6) is 0. The molecular weight excluding hydrogens is 170 g/mol. The molecule has 0 bridgehead atoms. The molecule has 14 N–H and O–H groups in total. The number of hydrogen-bond acceptors (Lipinski definition) is 7. The van der Waals surface area contributed by atoms with E-state index in [0.29, 0.717) is 0 Å². The molecule has 1 aliphatic rings. The van der Waals surface area contributed by atoms with Crippen LogP contribution in [0.3, 0.4) is 0 Å². The monoisotopic (exact) mass is 189 g/mol. The average molecular weight is 189 g/mol. The summed E-state index contributed by atoms with van der Waals surface area (Å²) in [4.78, 5) is 0. The molecule has 0 amide bonds. The molecule has 0 aromatic carbocycles. The van der Waals surface area contributed by atoms with Gasteiger partial charge in [0.1, 0.15) is 11.3 Å². The van der Waals surface area contributed by atoms with Gasteiger partial charge in [0, 0.05) is 6.04 Å². The van der Waals surface area contributed by atoms with Crippen LogP contribution in [-0.4, -0.2) is 28.9 Å². The highest BCUT2D eigenvalue weighted by atomic mass is 15.3. The van der Waals surface area contributed by atoms with Gasteiger partial charge in [0.15, 0.2) is 0 Å². The van der Waals surface area contributed by atoms with Crippen LogP contribution in [-0.2, 0) is 0 Å². The molecule has 1 aliphatic carbocycles. The summed E-state index contributed by atoms with van der Waals surface area (Å²) in [5, 5.41) is 0. The SMILES string of the molecule is CC1(N)C(N)C(N)C(N)(N)C1(N)N. The number of hydrogen-bond donors (Lipinski definition) is 7. The van der Waals surface area contributed by atoms with Crippen molar-refractivity contribution < 1.29 is 0 Å². The molecule has 3 atom stereocenters. The van der Waals surface area contributed by atoms with E-state index in [1.165, 1.54) is 0 Å². The molecule has 7 heteroatoms. The van der Waals surface area contributed by atoms with Crippen LogP contribution in [0.4, 0.5) is 0 Å². The zero-order valence-corrected chi connectivity index (χ0v) is 7.70. The van der Waals surface area contributed by atoms with E-state index < -0.39 is 28.9 Å². The maximum absolute atomic E-state index is 5.85. The smallest absolute Gasteiger partial charge is 0.117 e. The first-order chi connectivity index (χ1) is 5.57. The molecule has 0 saturated heterocycles. The maximum Gasteiger partial charge on any atom is 0.117 e. The highest BCUT2D eigenvalue weighted by molar-refractivity contribution is 5.29. The van der Waals surface area contributed by atoms with Crippen molar-refractivity contribution >= 4 is 0 Å². The first-order valence-corrected chi connectivity index (χ1v) is 4.02. The van der Waals surface area contributed by atoms with Crippen molar-refractivity contribution in [2.24, 2.45) is 40.1 Å². The Bertz CT molecular complexity index is 199. The normalized spacial score (nSPS) is 48.0. The van der Waals surface area contributed by atoms with Crippen LogP contribution in [0.25, 0.3) is 0 Å². The fourth-order valence-electron chi connectivity index (χ4n) is 1.69. The number of nitrogens with two attached hydrogens (primary N) is 7. The molecule has 0 radical (unpaired) electrons. The van der Waals surface area contributed by atoms with Crippen molar-refractivity contribution in [2.75, 3.05) is 0 Å². The van der Waals surface area contributed by atoms with Gasteiger partial charge in [-0.25, -0.2) is 0 Å². The summed E-state index contributed by atoms with van der Waals surface area (Å²) < 4.78 is 0. The van der Waals surface area contributed by atoms with Gasteiger partial charge in [-0.2, -0.15) is 0 Å². The Morgan fingerprint density at radius 3 is 1.31 bits per heavy atom. The summed E-state index contributed by atoms with van der Waals surface area (Å²) in [7, 11) is 0. The second-order valence-electron chi connectivity index (χ2n) is 4.14. The summed E-state index contributed by atoms with van der Waals surface area (Å²) in [6.45, 7) is 1.60. The lowest BCUT2D eigenvalue weighted by Gasteiger charge is -2.42. The maximum atomic E-state index is 5.85. The Hall–Kier alpha value is -0.280. The van der Waals surface area contributed by atoms with Crippen LogP contribution < -0.4 is 40.1 Å². The first kappa shape index (κ1) is 10.8. The second-order valence-corrected chi connectivity index (χ2v) is 4.14. The van der Waals surface area contributed by atoms with E-state index in [0.717, 1.165) is 0 Å². The first-order valence-electron chi connectivity index (χ1n) is 4.02. The molecule has 1 saturated carbocycles. The van der Waals surface area contributed by atoms with Gasteiger partial charge in [-0.05, 0) is 6.92 Å². The van der Waals surface area contributed by atoms with Gasteiger partial charge in [0.25, 0.3) is 0 Å². The zero-order chi connectivity index (χ0) is 10.7. The fourth-order valence-corrected chi connectivity index (χ4v) is 1.69. The van der Waals surface area contributed by atoms with Gasteiger partial charge in [-0.1, -0.05) is 0 Å². The van der Waals surface area contributed by atoms with Gasteiger partial charge in [0.05, 0.1) is 11.6 Å². The highest BCUT2D eigenvalue weighted by Gasteiger charge is 2.66. The average Bonchev–Trinajstić information content (AvgIpc) is 2.05. The Balaban J connectivity index is 3.23. The molecule has 0 aromatic rings. The lowest BCUT2D eigenvalue weighted by Crippen LogP contribution is -2.84. The minimum atomic E-state index is -1.49. The molecule has 0 aromatic heterocycles. The minimum Gasteiger partial charge on any atom is -0.325 e. The van der Waals surface area contributed by atoms with Gasteiger partial charge >= 0.3 is 0 Å². The van der Waals surface area contributed by atoms with Gasteiger partial charge in [0.2, 0.25) is 0 Å². The topological polar surface area (TPSA) is 182 Å². The van der Waals surface area contributed by atoms with Crippen molar-refractivity contribution in [3.8, 4) is 0 Å².